The van der Waals surface area contributed by atoms with Crippen molar-refractivity contribution in [3.8, 4) is 5.75 Å². The molecule has 0 aliphatic carbocycles. The fourth-order valence-electron chi connectivity index (χ4n) is 2.72. The van der Waals surface area contributed by atoms with Crippen molar-refractivity contribution >= 4 is 23.2 Å². The van der Waals surface area contributed by atoms with E-state index >= 15 is 0 Å². The first-order valence-corrected chi connectivity index (χ1v) is 8.18. The first-order valence-electron chi connectivity index (χ1n) is 8.18. The Balaban J connectivity index is 1.88. The van der Waals surface area contributed by atoms with E-state index in [4.69, 9.17) is 4.74 Å². The van der Waals surface area contributed by atoms with Gasteiger partial charge < -0.3 is 15.0 Å². The number of carbonyl (C=O) groups excluding carboxylic acids is 2. The average molecular weight is 354 g/mol. The van der Waals surface area contributed by atoms with Crippen molar-refractivity contribution in [2.75, 3.05) is 16.8 Å². The first-order chi connectivity index (χ1) is 12.3. The maximum Gasteiger partial charge on any atom is 0.268 e. The van der Waals surface area contributed by atoms with Gasteiger partial charge in [0.05, 0.1) is 5.69 Å². The average Bonchev–Trinajstić information content (AvgIpc) is 2.59. The summed E-state index contributed by atoms with van der Waals surface area (Å²) < 4.78 is 18.6. The van der Waals surface area contributed by atoms with Crippen LogP contribution in [0.2, 0.25) is 0 Å². The van der Waals surface area contributed by atoms with Gasteiger partial charge in [-0.3, -0.25) is 9.59 Å². The molecule has 1 heterocycles. The molecule has 0 saturated carbocycles. The van der Waals surface area contributed by atoms with Gasteiger partial charge in [0.15, 0.2) is 6.10 Å². The lowest BCUT2D eigenvalue weighted by molar-refractivity contribution is -0.125. The van der Waals surface area contributed by atoms with Crippen LogP contribution in [0, 0.1) is 5.82 Å². The molecule has 0 aromatic heterocycles. The zero-order valence-electron chi connectivity index (χ0n) is 14.6. The Kier molecular flexibility index (Phi) is 4.75. The highest BCUT2D eigenvalue weighted by Crippen LogP contribution is 2.36. The number of ether oxygens (including phenoxy) is 1. The zero-order chi connectivity index (χ0) is 18.8. The lowest BCUT2D eigenvalue weighted by atomic mass is 10.1. The monoisotopic (exact) mass is 354 g/mol. The Labute approximate surface area is 151 Å². The third-order valence-electron chi connectivity index (χ3n) is 3.96. The van der Waals surface area contributed by atoms with Crippen LogP contribution >= 0.6 is 0 Å². The van der Waals surface area contributed by atoms with Crippen LogP contribution in [0.5, 0.6) is 5.75 Å². The SMILES string of the molecule is C=C(C)CN1C(=O)C(C)Oc2ccc(NC(=O)c3ccc(F)cc3)cc21. The van der Waals surface area contributed by atoms with Crippen LogP contribution in [-0.4, -0.2) is 24.5 Å². The maximum absolute atomic E-state index is 13.0. The Hall–Kier alpha value is -3.15. The van der Waals surface area contributed by atoms with Gasteiger partial charge in [-0.1, -0.05) is 12.2 Å². The standard InChI is InChI=1S/C20H19FN2O3/c1-12(2)11-23-17-10-16(8-9-18(17)26-13(3)20(23)25)22-19(24)14-4-6-15(21)7-5-14/h4-10,13H,1,11H2,2-3H3,(H,22,24). The Morgan fingerprint density at radius 3 is 2.62 bits per heavy atom. The number of fused-ring (bicyclic) bond motifs is 1. The van der Waals surface area contributed by atoms with E-state index in [2.05, 4.69) is 11.9 Å². The molecule has 1 aliphatic heterocycles. The van der Waals surface area contributed by atoms with Crippen molar-refractivity contribution in [1.29, 1.82) is 0 Å². The molecule has 26 heavy (non-hydrogen) atoms. The van der Waals surface area contributed by atoms with Gasteiger partial charge in [0.1, 0.15) is 11.6 Å². The topological polar surface area (TPSA) is 58.6 Å². The lowest BCUT2D eigenvalue weighted by Crippen LogP contribution is -2.45. The molecule has 0 saturated heterocycles. The predicted molar refractivity (Wildman–Crippen MR) is 98.1 cm³/mol. The molecule has 5 nitrogen and oxygen atoms in total. The summed E-state index contributed by atoms with van der Waals surface area (Å²) in [6, 6.07) is 10.4. The molecular formula is C20H19FN2O3. The number of carbonyl (C=O) groups is 2. The van der Waals surface area contributed by atoms with Crippen LogP contribution in [0.15, 0.2) is 54.6 Å². The van der Waals surface area contributed by atoms with E-state index < -0.39 is 11.9 Å². The van der Waals surface area contributed by atoms with Crippen molar-refractivity contribution in [3.63, 3.8) is 0 Å². The molecule has 1 aliphatic rings. The van der Waals surface area contributed by atoms with Crippen molar-refractivity contribution in [1.82, 2.24) is 0 Å². The molecule has 2 amide bonds. The van der Waals surface area contributed by atoms with Crippen LogP contribution in [0.3, 0.4) is 0 Å². The van der Waals surface area contributed by atoms with E-state index in [1.165, 1.54) is 24.3 Å². The quantitative estimate of drug-likeness (QED) is 0.851. The van der Waals surface area contributed by atoms with Gasteiger partial charge in [0.2, 0.25) is 0 Å². The minimum Gasteiger partial charge on any atom is -0.479 e. The maximum atomic E-state index is 13.0. The zero-order valence-corrected chi connectivity index (χ0v) is 14.6. The van der Waals surface area contributed by atoms with Crippen molar-refractivity contribution < 1.29 is 18.7 Å². The number of nitrogens with one attached hydrogen (secondary N) is 1. The number of amides is 2. The van der Waals surface area contributed by atoms with Gasteiger partial charge in [-0.05, 0) is 56.3 Å². The van der Waals surface area contributed by atoms with Gasteiger partial charge in [-0.15, -0.1) is 0 Å². The normalized spacial score (nSPS) is 15.9. The van der Waals surface area contributed by atoms with Gasteiger partial charge in [-0.25, -0.2) is 4.39 Å². The van der Waals surface area contributed by atoms with Crippen LogP contribution in [0.4, 0.5) is 15.8 Å². The molecule has 1 unspecified atom stereocenters. The number of anilines is 2. The highest BCUT2D eigenvalue weighted by atomic mass is 19.1. The Bertz CT molecular complexity index is 877. The number of halogens is 1. The Morgan fingerprint density at radius 1 is 1.27 bits per heavy atom. The molecule has 134 valence electrons. The number of nitrogens with zero attached hydrogens (tertiary/aromatic N) is 1. The van der Waals surface area contributed by atoms with E-state index in [-0.39, 0.29) is 11.8 Å². The van der Waals surface area contributed by atoms with Crippen LogP contribution in [0.25, 0.3) is 0 Å². The smallest absolute Gasteiger partial charge is 0.268 e. The summed E-state index contributed by atoms with van der Waals surface area (Å²) in [6.07, 6.45) is -0.582. The third-order valence-corrected chi connectivity index (χ3v) is 3.96. The van der Waals surface area contributed by atoms with Crippen molar-refractivity contribution in [3.05, 3.63) is 66.0 Å². The molecule has 0 spiro atoms. The van der Waals surface area contributed by atoms with Crippen LogP contribution < -0.4 is 15.0 Å². The molecule has 1 N–H and O–H groups in total. The molecule has 0 fully saturated rings. The molecule has 0 bridgehead atoms. The van der Waals surface area contributed by atoms with Gasteiger partial charge in [-0.2, -0.15) is 0 Å². The van der Waals surface area contributed by atoms with Gasteiger partial charge >= 0.3 is 0 Å². The summed E-state index contributed by atoms with van der Waals surface area (Å²) in [4.78, 5) is 26.4. The number of hydrogen-bond acceptors (Lipinski definition) is 3. The lowest BCUT2D eigenvalue weighted by Gasteiger charge is -2.33. The van der Waals surface area contributed by atoms with E-state index in [9.17, 15) is 14.0 Å². The summed E-state index contributed by atoms with van der Waals surface area (Å²) in [5.41, 5.74) is 2.26. The van der Waals surface area contributed by atoms with Gasteiger partial charge in [0.25, 0.3) is 11.8 Å². The largest absolute Gasteiger partial charge is 0.479 e. The van der Waals surface area contributed by atoms with Crippen LogP contribution in [0.1, 0.15) is 24.2 Å². The summed E-state index contributed by atoms with van der Waals surface area (Å²) in [6.45, 7) is 7.77. The number of rotatable bonds is 4. The summed E-state index contributed by atoms with van der Waals surface area (Å²) in [7, 11) is 0. The molecule has 6 heteroatoms. The summed E-state index contributed by atoms with van der Waals surface area (Å²) >= 11 is 0. The summed E-state index contributed by atoms with van der Waals surface area (Å²) in [5.74, 6) is -0.371. The van der Waals surface area contributed by atoms with Crippen molar-refractivity contribution in [2.45, 2.75) is 20.0 Å². The van der Waals surface area contributed by atoms with Gasteiger partial charge in [0, 0.05) is 17.8 Å². The van der Waals surface area contributed by atoms with E-state index in [1.54, 1.807) is 30.0 Å². The molecule has 2 aromatic carbocycles. The first kappa shape index (κ1) is 17.7. The molecule has 1 atom stereocenters. The van der Waals surface area contributed by atoms with E-state index in [1.807, 2.05) is 6.92 Å². The molecule has 0 radical (unpaired) electrons. The van der Waals surface area contributed by atoms with E-state index in [0.717, 1.165) is 5.57 Å². The number of hydrogen-bond donors (Lipinski definition) is 1. The Morgan fingerprint density at radius 2 is 1.96 bits per heavy atom. The highest BCUT2D eigenvalue weighted by Gasteiger charge is 2.31. The minimum absolute atomic E-state index is 0.164. The predicted octanol–water partition coefficient (Wildman–Crippen LogP) is 3.77. The van der Waals surface area contributed by atoms with E-state index in [0.29, 0.717) is 29.2 Å². The summed E-state index contributed by atoms with van der Waals surface area (Å²) in [5, 5.41) is 2.75. The van der Waals surface area contributed by atoms with Crippen molar-refractivity contribution in [2.24, 2.45) is 0 Å². The second-order valence-electron chi connectivity index (χ2n) is 6.29. The highest BCUT2D eigenvalue weighted by molar-refractivity contribution is 6.05. The fraction of sp³-hybridized carbons (Fsp3) is 0.200. The second-order valence-corrected chi connectivity index (χ2v) is 6.29. The van der Waals surface area contributed by atoms with Crippen LogP contribution in [-0.2, 0) is 4.79 Å². The molecular weight excluding hydrogens is 335 g/mol. The fourth-order valence-corrected chi connectivity index (χ4v) is 2.72. The second kappa shape index (κ2) is 7.00. The minimum atomic E-state index is -0.582. The molecule has 3 rings (SSSR count). The third kappa shape index (κ3) is 3.59. The molecule has 2 aromatic rings. The number of benzene rings is 2.